The number of halogens is 4. The average Bonchev–Trinajstić information content (AvgIpc) is 1.97. The van der Waals surface area contributed by atoms with Crippen molar-refractivity contribution in [3.63, 3.8) is 0 Å². The van der Waals surface area contributed by atoms with Crippen molar-refractivity contribution < 1.29 is 25.5 Å². The van der Waals surface area contributed by atoms with Gasteiger partial charge in [0.05, 0.1) is 0 Å². The molecule has 0 heterocycles. The lowest BCUT2D eigenvalue weighted by molar-refractivity contribution is 0.441. The summed E-state index contributed by atoms with van der Waals surface area (Å²) in [5, 5.41) is 0. The summed E-state index contributed by atoms with van der Waals surface area (Å²) in [6.07, 6.45) is 0. The van der Waals surface area contributed by atoms with Gasteiger partial charge in [0.2, 0.25) is 0 Å². The van der Waals surface area contributed by atoms with Crippen molar-refractivity contribution in [2.24, 2.45) is 0 Å². The van der Waals surface area contributed by atoms with Gasteiger partial charge in [-0.15, -0.1) is 3.89 Å². The van der Waals surface area contributed by atoms with E-state index < -0.39 is 32.6 Å². The lowest BCUT2D eigenvalue weighted by Crippen LogP contribution is -1.98. The van der Waals surface area contributed by atoms with Gasteiger partial charge in [-0.25, -0.2) is 13.2 Å². The molecule has 72 valence electrons. The second-order valence-corrected chi connectivity index (χ2v) is 3.49. The van der Waals surface area contributed by atoms with Gasteiger partial charge < -0.3 is 0 Å². The molecule has 7 heteroatoms. The summed E-state index contributed by atoms with van der Waals surface area (Å²) in [5.74, 6) is -5.35. The van der Waals surface area contributed by atoms with E-state index in [2.05, 4.69) is 0 Å². The van der Waals surface area contributed by atoms with Gasteiger partial charge in [-0.05, 0) is 12.1 Å². The van der Waals surface area contributed by atoms with Crippen molar-refractivity contribution in [1.29, 1.82) is 0 Å². The molecule has 0 bridgehead atoms. The summed E-state index contributed by atoms with van der Waals surface area (Å²) in [6.45, 7) is 0. The number of rotatable bonds is 1. The Morgan fingerprint density at radius 3 is 1.69 bits per heavy atom. The molecule has 0 N–H and O–H groups in total. The van der Waals surface area contributed by atoms with E-state index in [1.54, 1.807) is 0 Å². The van der Waals surface area contributed by atoms with Gasteiger partial charge in [0, 0.05) is 0 Å². The molecular formula is C6H2F4O2S. The van der Waals surface area contributed by atoms with Crippen molar-refractivity contribution in [2.75, 3.05) is 0 Å². The van der Waals surface area contributed by atoms with Gasteiger partial charge in [0.15, 0.2) is 17.5 Å². The molecule has 0 spiro atoms. The van der Waals surface area contributed by atoms with Crippen LogP contribution in [0.5, 0.6) is 0 Å². The normalized spacial score (nSPS) is 11.7. The zero-order valence-electron chi connectivity index (χ0n) is 5.89. The molecular weight excluding hydrogens is 212 g/mol. The smallest absolute Gasteiger partial charge is 0.204 e. The van der Waals surface area contributed by atoms with E-state index in [4.69, 9.17) is 0 Å². The molecule has 1 rings (SSSR count). The second-order valence-electron chi connectivity index (χ2n) is 2.14. The Kier molecular flexibility index (Phi) is 2.29. The lowest BCUT2D eigenvalue weighted by atomic mass is 10.3. The minimum absolute atomic E-state index is 0.0632. The Balaban J connectivity index is 3.47. The first-order valence-corrected chi connectivity index (χ1v) is 4.30. The highest BCUT2D eigenvalue weighted by atomic mass is 32.3. The molecule has 0 saturated heterocycles. The monoisotopic (exact) mass is 214 g/mol. The van der Waals surface area contributed by atoms with Crippen LogP contribution in [0.1, 0.15) is 0 Å². The molecule has 0 amide bonds. The highest BCUT2D eigenvalue weighted by Crippen LogP contribution is 2.18. The van der Waals surface area contributed by atoms with Crippen molar-refractivity contribution >= 4 is 10.2 Å². The second kappa shape index (κ2) is 2.99. The van der Waals surface area contributed by atoms with Crippen molar-refractivity contribution in [2.45, 2.75) is 4.90 Å². The van der Waals surface area contributed by atoms with E-state index in [0.717, 1.165) is 0 Å². The van der Waals surface area contributed by atoms with Gasteiger partial charge in [-0.1, -0.05) is 0 Å². The van der Waals surface area contributed by atoms with Gasteiger partial charge >= 0.3 is 10.2 Å². The standard InChI is InChI=1S/C6H2F4O2S/c7-4-1-3(13(10,11)12)2-5(8)6(4)9/h1-2H. The first-order chi connectivity index (χ1) is 5.82. The van der Waals surface area contributed by atoms with Crippen molar-refractivity contribution in [3.05, 3.63) is 29.6 Å². The number of benzene rings is 1. The first-order valence-electron chi connectivity index (χ1n) is 2.91. The molecule has 2 nitrogen and oxygen atoms in total. The molecule has 1 aromatic carbocycles. The van der Waals surface area contributed by atoms with Gasteiger partial charge in [0.1, 0.15) is 4.90 Å². The third kappa shape index (κ3) is 1.97. The van der Waals surface area contributed by atoms with Crippen LogP contribution in [0, 0.1) is 17.5 Å². The van der Waals surface area contributed by atoms with Crippen LogP contribution in [-0.4, -0.2) is 8.42 Å². The van der Waals surface area contributed by atoms with Crippen LogP contribution in [-0.2, 0) is 10.2 Å². The molecule has 0 fully saturated rings. The number of hydrogen-bond acceptors (Lipinski definition) is 2. The summed E-state index contributed by atoms with van der Waals surface area (Å²) < 4.78 is 69.3. The molecule has 0 aliphatic heterocycles. The fourth-order valence-electron chi connectivity index (χ4n) is 0.673. The molecule has 1 aromatic rings. The Morgan fingerprint density at radius 2 is 1.38 bits per heavy atom. The van der Waals surface area contributed by atoms with E-state index in [9.17, 15) is 25.5 Å². The molecule has 0 unspecified atom stereocenters. The summed E-state index contributed by atoms with van der Waals surface area (Å²) >= 11 is 0. The number of hydrogen-bond donors (Lipinski definition) is 0. The quantitative estimate of drug-likeness (QED) is 0.405. The van der Waals surface area contributed by atoms with Crippen LogP contribution in [0.4, 0.5) is 17.1 Å². The van der Waals surface area contributed by atoms with E-state index in [-0.39, 0.29) is 12.1 Å². The van der Waals surface area contributed by atoms with Crippen molar-refractivity contribution in [1.82, 2.24) is 0 Å². The molecule has 0 aliphatic rings. The Hall–Kier alpha value is -1.11. The maximum Gasteiger partial charge on any atom is 0.332 e. The van der Waals surface area contributed by atoms with Crippen molar-refractivity contribution in [3.8, 4) is 0 Å². The van der Waals surface area contributed by atoms with Crippen LogP contribution in [0.25, 0.3) is 0 Å². The molecule has 0 aliphatic carbocycles. The fraction of sp³-hybridized carbons (Fsp3) is 0. The third-order valence-corrected chi connectivity index (χ3v) is 2.04. The van der Waals surface area contributed by atoms with Gasteiger partial charge in [-0.2, -0.15) is 8.42 Å². The minimum Gasteiger partial charge on any atom is -0.204 e. The van der Waals surface area contributed by atoms with Crippen LogP contribution < -0.4 is 0 Å². The Labute approximate surface area is 71.0 Å². The topological polar surface area (TPSA) is 34.1 Å². The molecule has 0 saturated carbocycles. The molecule has 0 radical (unpaired) electrons. The summed E-state index contributed by atoms with van der Waals surface area (Å²) in [4.78, 5) is -1.25. The van der Waals surface area contributed by atoms with E-state index >= 15 is 0 Å². The molecule has 0 aromatic heterocycles. The zero-order valence-corrected chi connectivity index (χ0v) is 6.71. The van der Waals surface area contributed by atoms with Crippen LogP contribution in [0.15, 0.2) is 17.0 Å². The highest BCUT2D eigenvalue weighted by molar-refractivity contribution is 7.86. The maximum absolute atomic E-state index is 12.3. The van der Waals surface area contributed by atoms with Crippen LogP contribution in [0.2, 0.25) is 0 Å². The highest BCUT2D eigenvalue weighted by Gasteiger charge is 2.18. The fourth-order valence-corrected chi connectivity index (χ4v) is 1.16. The zero-order chi connectivity index (χ0) is 10.2. The van der Waals surface area contributed by atoms with E-state index in [1.807, 2.05) is 0 Å². The minimum atomic E-state index is -5.21. The van der Waals surface area contributed by atoms with Gasteiger partial charge in [0.25, 0.3) is 0 Å². The Morgan fingerprint density at radius 1 is 1.00 bits per heavy atom. The van der Waals surface area contributed by atoms with Gasteiger partial charge in [-0.3, -0.25) is 0 Å². The molecule has 13 heavy (non-hydrogen) atoms. The lowest BCUT2D eigenvalue weighted by Gasteiger charge is -1.97. The summed E-state index contributed by atoms with van der Waals surface area (Å²) in [6, 6.07) is 0.126. The maximum atomic E-state index is 12.3. The van der Waals surface area contributed by atoms with Crippen LogP contribution in [0.3, 0.4) is 0 Å². The predicted molar refractivity (Wildman–Crippen MR) is 34.6 cm³/mol. The van der Waals surface area contributed by atoms with Crippen LogP contribution >= 0.6 is 0 Å². The third-order valence-electron chi connectivity index (χ3n) is 1.24. The van der Waals surface area contributed by atoms with E-state index in [1.165, 1.54) is 0 Å². The largest absolute Gasteiger partial charge is 0.332 e. The molecule has 0 atom stereocenters. The average molecular weight is 214 g/mol. The Bertz CT molecular complexity index is 417. The first kappa shape index (κ1) is 9.97. The predicted octanol–water partition coefficient (Wildman–Crippen LogP) is 1.76. The summed E-state index contributed by atoms with van der Waals surface area (Å²) in [5.41, 5.74) is 0. The summed E-state index contributed by atoms with van der Waals surface area (Å²) in [7, 11) is -5.21. The van der Waals surface area contributed by atoms with E-state index in [0.29, 0.717) is 0 Å². The SMILES string of the molecule is O=S(=O)(F)c1cc(F)c(F)c(F)c1.